The molecule has 120 valence electrons. The number of benzene rings is 1. The molecule has 2 amide bonds. The molecule has 0 aliphatic carbocycles. The van der Waals surface area contributed by atoms with Crippen molar-refractivity contribution < 1.29 is 9.59 Å². The van der Waals surface area contributed by atoms with Crippen molar-refractivity contribution in [1.29, 1.82) is 0 Å². The average Bonchev–Trinajstić information content (AvgIpc) is 2.97. The van der Waals surface area contributed by atoms with E-state index in [1.165, 1.54) is 6.20 Å². The van der Waals surface area contributed by atoms with E-state index in [0.29, 0.717) is 27.0 Å². The summed E-state index contributed by atoms with van der Waals surface area (Å²) in [5.74, 6) is -0.565. The molecule has 0 atom stereocenters. The van der Waals surface area contributed by atoms with Crippen LogP contribution in [0.15, 0.2) is 54.9 Å². The monoisotopic (exact) mass is 338 g/mol. The lowest BCUT2D eigenvalue weighted by Crippen LogP contribution is -2.11. The summed E-state index contributed by atoms with van der Waals surface area (Å²) in [7, 11) is 0. The van der Waals surface area contributed by atoms with Gasteiger partial charge in [0.05, 0.1) is 11.3 Å². The SMILES string of the molecule is Cc1nc(NC(=O)c2cccnc2)sc1C(=O)Nc1ccccc1. The lowest BCUT2D eigenvalue weighted by Gasteiger charge is -2.03. The maximum Gasteiger partial charge on any atom is 0.267 e. The van der Waals surface area contributed by atoms with Crippen LogP contribution in [-0.2, 0) is 0 Å². The molecule has 0 spiro atoms. The van der Waals surface area contributed by atoms with Gasteiger partial charge >= 0.3 is 0 Å². The van der Waals surface area contributed by atoms with Crippen molar-refractivity contribution in [2.45, 2.75) is 6.92 Å². The minimum absolute atomic E-state index is 0.252. The number of anilines is 2. The third-order valence-electron chi connectivity index (χ3n) is 3.18. The van der Waals surface area contributed by atoms with Crippen LogP contribution >= 0.6 is 11.3 Å². The number of hydrogen-bond acceptors (Lipinski definition) is 5. The van der Waals surface area contributed by atoms with E-state index in [9.17, 15) is 9.59 Å². The number of thiazole rings is 1. The van der Waals surface area contributed by atoms with E-state index in [1.807, 2.05) is 18.2 Å². The molecule has 3 aromatic rings. The molecule has 3 rings (SSSR count). The summed E-state index contributed by atoms with van der Waals surface area (Å²) in [5, 5.41) is 5.87. The summed E-state index contributed by atoms with van der Waals surface area (Å²) < 4.78 is 0. The number of carbonyl (C=O) groups excluding carboxylic acids is 2. The number of aromatic nitrogens is 2. The van der Waals surface area contributed by atoms with Crippen molar-refractivity contribution in [2.75, 3.05) is 10.6 Å². The van der Waals surface area contributed by atoms with Crippen molar-refractivity contribution in [3.63, 3.8) is 0 Å². The van der Waals surface area contributed by atoms with Crippen molar-refractivity contribution in [3.05, 3.63) is 71.0 Å². The molecule has 2 N–H and O–H groups in total. The fourth-order valence-electron chi connectivity index (χ4n) is 2.04. The van der Waals surface area contributed by atoms with Crippen molar-refractivity contribution in [3.8, 4) is 0 Å². The lowest BCUT2D eigenvalue weighted by atomic mass is 10.3. The Hall–Kier alpha value is -3.06. The Balaban J connectivity index is 1.73. The van der Waals surface area contributed by atoms with Gasteiger partial charge in [0, 0.05) is 18.1 Å². The zero-order valence-corrected chi connectivity index (χ0v) is 13.6. The Morgan fingerprint density at radius 2 is 1.79 bits per heavy atom. The number of carbonyl (C=O) groups is 2. The molecule has 0 saturated carbocycles. The highest BCUT2D eigenvalue weighted by atomic mass is 32.1. The quantitative estimate of drug-likeness (QED) is 0.764. The van der Waals surface area contributed by atoms with E-state index in [2.05, 4.69) is 20.6 Å². The fraction of sp³-hybridized carbons (Fsp3) is 0.0588. The van der Waals surface area contributed by atoms with Gasteiger partial charge in [0.15, 0.2) is 5.13 Å². The zero-order valence-electron chi connectivity index (χ0n) is 12.8. The maximum atomic E-state index is 12.3. The molecule has 7 heteroatoms. The standard InChI is InChI=1S/C17H14N4O2S/c1-11-14(16(23)20-13-7-3-2-4-8-13)24-17(19-11)21-15(22)12-6-5-9-18-10-12/h2-10H,1H3,(H,20,23)(H,19,21,22). The first-order valence-corrected chi connectivity index (χ1v) is 8.00. The highest BCUT2D eigenvalue weighted by Gasteiger charge is 2.17. The van der Waals surface area contributed by atoms with Gasteiger partial charge in [0.2, 0.25) is 0 Å². The summed E-state index contributed by atoms with van der Waals surface area (Å²) in [5.41, 5.74) is 1.70. The maximum absolute atomic E-state index is 12.3. The second-order valence-corrected chi connectivity index (χ2v) is 5.95. The van der Waals surface area contributed by atoms with Crippen LogP contribution in [0.2, 0.25) is 0 Å². The van der Waals surface area contributed by atoms with Gasteiger partial charge in [-0.25, -0.2) is 4.98 Å². The number of amides is 2. The second kappa shape index (κ2) is 7.01. The first-order valence-electron chi connectivity index (χ1n) is 7.18. The Kier molecular flexibility index (Phi) is 4.62. The van der Waals surface area contributed by atoms with E-state index < -0.39 is 0 Å². The molecule has 6 nitrogen and oxygen atoms in total. The summed E-state index contributed by atoms with van der Waals surface area (Å²) in [4.78, 5) is 33.1. The summed E-state index contributed by atoms with van der Waals surface area (Å²) in [6.07, 6.45) is 3.06. The number of pyridine rings is 1. The van der Waals surface area contributed by atoms with E-state index >= 15 is 0 Å². The Morgan fingerprint density at radius 1 is 1.00 bits per heavy atom. The molecular weight excluding hydrogens is 324 g/mol. The third-order valence-corrected chi connectivity index (χ3v) is 4.25. The largest absolute Gasteiger partial charge is 0.321 e. The summed E-state index contributed by atoms with van der Waals surface area (Å²) in [6.45, 7) is 1.73. The smallest absolute Gasteiger partial charge is 0.267 e. The number of para-hydroxylation sites is 1. The van der Waals surface area contributed by atoms with Crippen molar-refractivity contribution >= 4 is 34.0 Å². The minimum atomic E-state index is -0.313. The van der Waals surface area contributed by atoms with Crippen molar-refractivity contribution in [1.82, 2.24) is 9.97 Å². The average molecular weight is 338 g/mol. The van der Waals surface area contributed by atoms with Gasteiger partial charge < -0.3 is 5.32 Å². The van der Waals surface area contributed by atoms with E-state index in [4.69, 9.17) is 0 Å². The van der Waals surface area contributed by atoms with Crippen molar-refractivity contribution in [2.24, 2.45) is 0 Å². The molecule has 2 aromatic heterocycles. The van der Waals surface area contributed by atoms with Crippen LogP contribution in [0.4, 0.5) is 10.8 Å². The van der Waals surface area contributed by atoms with E-state index in [1.54, 1.807) is 37.4 Å². The van der Waals surface area contributed by atoms with Gasteiger partial charge in [-0.1, -0.05) is 29.5 Å². The van der Waals surface area contributed by atoms with Crippen LogP contribution in [0, 0.1) is 6.92 Å². The molecule has 0 aliphatic rings. The predicted octanol–water partition coefficient (Wildman–Crippen LogP) is 3.35. The number of hydrogen-bond donors (Lipinski definition) is 2. The third kappa shape index (κ3) is 3.64. The van der Waals surface area contributed by atoms with Crippen LogP contribution in [0.5, 0.6) is 0 Å². The van der Waals surface area contributed by atoms with E-state index in [0.717, 1.165) is 11.3 Å². The molecular formula is C17H14N4O2S. The minimum Gasteiger partial charge on any atom is -0.321 e. The molecule has 2 heterocycles. The topological polar surface area (TPSA) is 84.0 Å². The molecule has 0 fully saturated rings. The van der Waals surface area contributed by atoms with E-state index in [-0.39, 0.29) is 11.8 Å². The normalized spacial score (nSPS) is 10.2. The van der Waals surface area contributed by atoms with Crippen LogP contribution in [0.25, 0.3) is 0 Å². The first-order chi connectivity index (χ1) is 11.6. The van der Waals surface area contributed by atoms with Gasteiger partial charge in [-0.3, -0.25) is 19.9 Å². The molecule has 0 unspecified atom stereocenters. The fourth-order valence-corrected chi connectivity index (χ4v) is 2.89. The lowest BCUT2D eigenvalue weighted by molar-refractivity contribution is 0.101. The molecule has 0 saturated heterocycles. The molecule has 1 aromatic carbocycles. The predicted molar refractivity (Wildman–Crippen MR) is 93.4 cm³/mol. The van der Waals surface area contributed by atoms with Crippen LogP contribution in [0.3, 0.4) is 0 Å². The van der Waals surface area contributed by atoms with Crippen LogP contribution < -0.4 is 10.6 Å². The van der Waals surface area contributed by atoms with Crippen LogP contribution in [0.1, 0.15) is 25.7 Å². The Labute approximate surface area is 142 Å². The number of aryl methyl sites for hydroxylation is 1. The first kappa shape index (κ1) is 15.8. The second-order valence-electron chi connectivity index (χ2n) is 4.95. The molecule has 0 aliphatic heterocycles. The summed E-state index contributed by atoms with van der Waals surface area (Å²) >= 11 is 1.13. The van der Waals surface area contributed by atoms with Crippen LogP contribution in [-0.4, -0.2) is 21.8 Å². The Bertz CT molecular complexity index is 863. The highest BCUT2D eigenvalue weighted by molar-refractivity contribution is 7.17. The molecule has 24 heavy (non-hydrogen) atoms. The van der Waals surface area contributed by atoms with Gasteiger partial charge in [0.1, 0.15) is 4.88 Å². The molecule has 0 radical (unpaired) electrons. The van der Waals surface area contributed by atoms with Gasteiger partial charge in [-0.2, -0.15) is 0 Å². The number of nitrogens with zero attached hydrogens (tertiary/aromatic N) is 2. The summed E-state index contributed by atoms with van der Waals surface area (Å²) in [6, 6.07) is 12.5. The van der Waals surface area contributed by atoms with Gasteiger partial charge in [-0.15, -0.1) is 0 Å². The number of nitrogens with one attached hydrogen (secondary N) is 2. The number of rotatable bonds is 4. The highest BCUT2D eigenvalue weighted by Crippen LogP contribution is 2.24. The molecule has 0 bridgehead atoms. The van der Waals surface area contributed by atoms with Gasteiger partial charge in [0.25, 0.3) is 11.8 Å². The van der Waals surface area contributed by atoms with Gasteiger partial charge in [-0.05, 0) is 31.2 Å². The Morgan fingerprint density at radius 3 is 2.50 bits per heavy atom. The zero-order chi connectivity index (χ0) is 16.9.